The van der Waals surface area contributed by atoms with Crippen LogP contribution in [0, 0.1) is 0 Å². The Balaban J connectivity index is 1.53. The van der Waals surface area contributed by atoms with E-state index in [1.54, 1.807) is 0 Å². The fourth-order valence-corrected chi connectivity index (χ4v) is 9.25. The first-order valence-corrected chi connectivity index (χ1v) is 15.2. The maximum Gasteiger partial charge on any atom is 0.171 e. The number of hydrogen-bond donors (Lipinski definition) is 0. The molecule has 0 aliphatic carbocycles. The Kier molecular flexibility index (Phi) is 4.57. The second-order valence-electron chi connectivity index (χ2n) is 10.4. The third-order valence-electron chi connectivity index (χ3n) is 8.15. The largest absolute Gasteiger partial charge is 0.456 e. The predicted octanol–water partition coefficient (Wildman–Crippen LogP) is 9.02. The van der Waals surface area contributed by atoms with Crippen molar-refractivity contribution < 1.29 is 17.8 Å². The van der Waals surface area contributed by atoms with Crippen LogP contribution >= 0.6 is 7.14 Å². The first kappa shape index (κ1) is 22.7. The molecule has 3 heterocycles. The van der Waals surface area contributed by atoms with E-state index in [-0.39, 0.29) is 0 Å². The Bertz CT molecular complexity index is 2450. The zero-order valence-corrected chi connectivity index (χ0v) is 22.6. The van der Waals surface area contributed by atoms with Crippen LogP contribution in [0.25, 0.3) is 65.8 Å². The molecule has 41 heavy (non-hydrogen) atoms. The molecule has 3 aromatic heterocycles. The van der Waals surface area contributed by atoms with Gasteiger partial charge in [-0.1, -0.05) is 97.1 Å². The van der Waals surface area contributed by atoms with Gasteiger partial charge in [-0.15, -0.1) is 0 Å². The highest BCUT2D eigenvalue weighted by Gasteiger charge is 2.35. The van der Waals surface area contributed by atoms with Gasteiger partial charge in [-0.05, 0) is 30.3 Å². The van der Waals surface area contributed by atoms with Gasteiger partial charge in [-0.25, -0.2) is 0 Å². The highest BCUT2D eigenvalue weighted by Crippen LogP contribution is 2.50. The Labute approximate surface area is 233 Å². The van der Waals surface area contributed by atoms with Gasteiger partial charge in [0.25, 0.3) is 0 Å². The van der Waals surface area contributed by atoms with Crippen molar-refractivity contribution in [3.05, 3.63) is 127 Å². The molecule has 4 nitrogen and oxygen atoms in total. The smallest absolute Gasteiger partial charge is 0.171 e. The molecule has 0 radical (unpaired) electrons. The summed E-state index contributed by atoms with van der Waals surface area (Å²) >= 11 is 0. The number of para-hydroxylation sites is 2. The van der Waals surface area contributed by atoms with Gasteiger partial charge in [0.05, 0.1) is 5.39 Å². The lowest BCUT2D eigenvalue weighted by Gasteiger charge is -2.21. The fourth-order valence-electron chi connectivity index (χ4n) is 6.37. The zero-order valence-electron chi connectivity index (χ0n) is 21.7. The van der Waals surface area contributed by atoms with Gasteiger partial charge < -0.3 is 17.8 Å². The summed E-state index contributed by atoms with van der Waals surface area (Å²) in [4.78, 5) is 0. The van der Waals surface area contributed by atoms with Gasteiger partial charge in [0.2, 0.25) is 0 Å². The van der Waals surface area contributed by atoms with E-state index in [0.29, 0.717) is 16.5 Å². The number of hydrogen-bond acceptors (Lipinski definition) is 4. The van der Waals surface area contributed by atoms with E-state index in [0.717, 1.165) is 65.3 Å². The summed E-state index contributed by atoms with van der Waals surface area (Å²) in [6.45, 7) is 0. The Morgan fingerprint density at radius 3 is 1.59 bits per heavy atom. The summed E-state index contributed by atoms with van der Waals surface area (Å²) in [7, 11) is -3.35. The molecule has 0 atom stereocenters. The molecule has 0 aliphatic rings. The minimum absolute atomic E-state index is 0.631. The molecule has 6 aromatic carbocycles. The van der Waals surface area contributed by atoms with E-state index in [2.05, 4.69) is 6.07 Å². The third-order valence-corrected chi connectivity index (χ3v) is 11.2. The van der Waals surface area contributed by atoms with Crippen molar-refractivity contribution in [1.29, 1.82) is 0 Å². The monoisotopic (exact) mass is 548 g/mol. The van der Waals surface area contributed by atoms with Crippen molar-refractivity contribution in [2.24, 2.45) is 0 Å². The summed E-state index contributed by atoms with van der Waals surface area (Å²) in [5, 5.41) is 7.79. The number of fused-ring (bicyclic) bond motifs is 11. The van der Waals surface area contributed by atoms with E-state index in [1.807, 2.05) is 121 Å². The molecule has 0 unspecified atom stereocenters. The molecule has 194 valence electrons. The van der Waals surface area contributed by atoms with Crippen LogP contribution in [0.15, 0.2) is 141 Å². The van der Waals surface area contributed by atoms with Crippen molar-refractivity contribution >= 4 is 88.9 Å². The second-order valence-corrected chi connectivity index (χ2v) is 13.1. The standard InChI is InChI=1S/C36H21O4P/c37-41(22-11-3-1-4-12-22,23-13-5-2-6-14-23)31-21-30-35(36-33(31)25-16-8-10-18-27(25)40-36)34-29(39-30)20-19-28-32(34)24-15-7-9-17-26(24)38-28/h1-21H. The van der Waals surface area contributed by atoms with Crippen LogP contribution in [0.5, 0.6) is 0 Å². The van der Waals surface area contributed by atoms with Crippen LogP contribution in [0.3, 0.4) is 0 Å². The maximum absolute atomic E-state index is 15.7. The molecule has 0 saturated heterocycles. The van der Waals surface area contributed by atoms with Gasteiger partial charge >= 0.3 is 0 Å². The SMILES string of the molecule is O=P(c1ccccc1)(c1ccccc1)c1cc2oc3ccc4oc5ccccc5c4c3c2c2oc3ccccc3c12. The molecule has 0 N–H and O–H groups in total. The van der Waals surface area contributed by atoms with E-state index in [4.69, 9.17) is 13.3 Å². The molecule has 0 saturated carbocycles. The van der Waals surface area contributed by atoms with Crippen molar-refractivity contribution in [1.82, 2.24) is 0 Å². The van der Waals surface area contributed by atoms with Crippen LogP contribution in [0.1, 0.15) is 0 Å². The molecule has 0 spiro atoms. The molecule has 0 aliphatic heterocycles. The number of furan rings is 3. The van der Waals surface area contributed by atoms with Crippen molar-refractivity contribution in [2.75, 3.05) is 0 Å². The molecule has 5 heteroatoms. The molecule has 0 fully saturated rings. The molecular formula is C36H21O4P. The summed E-state index contributed by atoms with van der Waals surface area (Å²) in [5.74, 6) is 0. The van der Waals surface area contributed by atoms with E-state index < -0.39 is 7.14 Å². The van der Waals surface area contributed by atoms with Crippen molar-refractivity contribution in [3.8, 4) is 0 Å². The molecule has 0 amide bonds. The highest BCUT2D eigenvalue weighted by molar-refractivity contribution is 7.85. The lowest BCUT2D eigenvalue weighted by atomic mass is 10.0. The average molecular weight is 549 g/mol. The lowest BCUT2D eigenvalue weighted by molar-refractivity contribution is 0.592. The predicted molar refractivity (Wildman–Crippen MR) is 168 cm³/mol. The van der Waals surface area contributed by atoms with Crippen LogP contribution in [0.4, 0.5) is 0 Å². The maximum atomic E-state index is 15.7. The topological polar surface area (TPSA) is 56.5 Å². The van der Waals surface area contributed by atoms with Gasteiger partial charge in [0.15, 0.2) is 7.14 Å². The normalized spacial score (nSPS) is 12.5. The van der Waals surface area contributed by atoms with Gasteiger partial charge in [0, 0.05) is 42.8 Å². The number of rotatable bonds is 3. The zero-order chi connectivity index (χ0) is 27.1. The Morgan fingerprint density at radius 1 is 0.415 bits per heavy atom. The lowest BCUT2D eigenvalue weighted by Crippen LogP contribution is -2.25. The van der Waals surface area contributed by atoms with Gasteiger partial charge in [-0.3, -0.25) is 0 Å². The molecular weight excluding hydrogens is 527 g/mol. The molecule has 9 rings (SSSR count). The van der Waals surface area contributed by atoms with Gasteiger partial charge in [0.1, 0.15) is 33.5 Å². The van der Waals surface area contributed by atoms with Crippen LogP contribution in [0.2, 0.25) is 0 Å². The quantitative estimate of drug-likeness (QED) is 0.207. The van der Waals surface area contributed by atoms with Crippen molar-refractivity contribution in [3.63, 3.8) is 0 Å². The van der Waals surface area contributed by atoms with Crippen LogP contribution in [-0.4, -0.2) is 0 Å². The summed E-state index contributed by atoms with van der Waals surface area (Å²) in [5.41, 5.74) is 4.37. The Morgan fingerprint density at radius 2 is 0.927 bits per heavy atom. The van der Waals surface area contributed by atoms with Crippen molar-refractivity contribution in [2.45, 2.75) is 0 Å². The van der Waals surface area contributed by atoms with E-state index >= 15 is 4.57 Å². The van der Waals surface area contributed by atoms with Gasteiger partial charge in [-0.2, -0.15) is 0 Å². The fraction of sp³-hybridized carbons (Fsp3) is 0. The summed E-state index contributed by atoms with van der Waals surface area (Å²) in [6.07, 6.45) is 0. The minimum Gasteiger partial charge on any atom is -0.456 e. The number of benzene rings is 6. The first-order valence-electron chi connectivity index (χ1n) is 13.5. The molecule has 0 bridgehead atoms. The average Bonchev–Trinajstić information content (AvgIpc) is 3.71. The van der Waals surface area contributed by atoms with E-state index in [9.17, 15) is 0 Å². The summed E-state index contributed by atoms with van der Waals surface area (Å²) < 4.78 is 35.1. The van der Waals surface area contributed by atoms with E-state index in [1.165, 1.54) is 0 Å². The summed E-state index contributed by atoms with van der Waals surface area (Å²) in [6, 6.07) is 41.4. The first-order chi connectivity index (χ1) is 20.2. The van der Waals surface area contributed by atoms with Crippen LogP contribution < -0.4 is 15.9 Å². The third kappa shape index (κ3) is 3.03. The Hall–Kier alpha value is -5.05. The minimum atomic E-state index is -3.35. The second kappa shape index (κ2) is 8.23. The highest BCUT2D eigenvalue weighted by atomic mass is 31.2. The molecule has 9 aromatic rings. The van der Waals surface area contributed by atoms with Crippen LogP contribution in [-0.2, 0) is 4.57 Å².